The largest absolute Gasteiger partial charge is 0.508 e. The molecule has 1 aliphatic carbocycles. The molecule has 1 heterocycles. The number of hydrogen-bond donors (Lipinski definition) is 2. The van der Waals surface area contributed by atoms with E-state index in [9.17, 15) is 4.79 Å². The average Bonchev–Trinajstić information content (AvgIpc) is 2.92. The van der Waals surface area contributed by atoms with E-state index < -0.39 is 0 Å². The Hall–Kier alpha value is -4.25. The molecule has 0 unspecified atom stereocenters. The average molecular weight is 526 g/mol. The van der Waals surface area contributed by atoms with Crippen molar-refractivity contribution in [2.45, 2.75) is 46.0 Å². The van der Waals surface area contributed by atoms with Gasteiger partial charge in [-0.15, -0.1) is 0 Å². The van der Waals surface area contributed by atoms with Gasteiger partial charge in [-0.25, -0.2) is 4.79 Å². The highest BCUT2D eigenvalue weighted by molar-refractivity contribution is 5.90. The Kier molecular flexibility index (Phi) is 10.2. The van der Waals surface area contributed by atoms with Gasteiger partial charge in [0.15, 0.2) is 0 Å². The number of phenolic OH excluding ortho intramolecular Hbond substituents is 1. The van der Waals surface area contributed by atoms with E-state index in [1.54, 1.807) is 31.4 Å². The lowest BCUT2D eigenvalue weighted by Crippen LogP contribution is -2.28. The van der Waals surface area contributed by atoms with E-state index in [-0.39, 0.29) is 12.6 Å². The summed E-state index contributed by atoms with van der Waals surface area (Å²) in [4.78, 5) is 12.8. The Morgan fingerprint density at radius 2 is 1.85 bits per heavy atom. The summed E-state index contributed by atoms with van der Waals surface area (Å²) < 4.78 is 11.1. The second-order valence-electron chi connectivity index (χ2n) is 9.84. The molecule has 2 aromatic rings. The van der Waals surface area contributed by atoms with Crippen LogP contribution in [-0.2, 0) is 9.53 Å². The molecule has 2 N–H and O–H groups in total. The Morgan fingerprint density at radius 1 is 1.10 bits per heavy atom. The summed E-state index contributed by atoms with van der Waals surface area (Å²) in [7, 11) is 1.70. The van der Waals surface area contributed by atoms with Gasteiger partial charge in [-0.3, -0.25) is 0 Å². The van der Waals surface area contributed by atoms with Crippen LogP contribution in [-0.4, -0.2) is 24.8 Å². The number of ether oxygens (including phenoxy) is 2. The number of allylic oxidation sites excluding steroid dienone is 6. The zero-order valence-corrected chi connectivity index (χ0v) is 23.5. The van der Waals surface area contributed by atoms with Crippen LogP contribution in [0.25, 0.3) is 0 Å². The number of hydrogen-bond acceptors (Lipinski definition) is 5. The predicted molar refractivity (Wildman–Crippen MR) is 158 cm³/mol. The summed E-state index contributed by atoms with van der Waals surface area (Å²) in [6.45, 7) is 17.9. The van der Waals surface area contributed by atoms with E-state index in [4.69, 9.17) is 14.6 Å². The van der Waals surface area contributed by atoms with Crippen molar-refractivity contribution >= 4 is 5.97 Å². The molecule has 0 aromatic heterocycles. The van der Waals surface area contributed by atoms with E-state index in [0.29, 0.717) is 23.7 Å². The van der Waals surface area contributed by atoms with Gasteiger partial charge in [0, 0.05) is 17.8 Å². The fraction of sp³-hybridized carbons (Fsp3) is 0.265. The molecule has 204 valence electrons. The molecule has 0 spiro atoms. The van der Waals surface area contributed by atoms with E-state index in [0.717, 1.165) is 57.8 Å². The third kappa shape index (κ3) is 7.41. The van der Waals surface area contributed by atoms with Crippen molar-refractivity contribution in [2.75, 3.05) is 13.7 Å². The number of dihydropyridines is 1. The van der Waals surface area contributed by atoms with E-state index in [2.05, 4.69) is 31.1 Å². The molecule has 0 bridgehead atoms. The standard InChI is InChI=1S/C27H31NO3.C7H8O/c1-7-17(3)20(8-2)16-31-27(29)24-15-23-18(4)13-21(14-25(23)28-19(24)5)22-11-9-10-12-26(22)30-6;1-6-3-2-4-7(8)5-6/h7-12,21,28H,1-2,4,13-16H2,3,5-6H3;2-5,8H,1H3/b20-17+;/t21-;/m0./s1. The van der Waals surface area contributed by atoms with E-state index >= 15 is 0 Å². The van der Waals surface area contributed by atoms with Crippen LogP contribution >= 0.6 is 0 Å². The number of para-hydroxylation sites is 1. The fourth-order valence-corrected chi connectivity index (χ4v) is 4.82. The van der Waals surface area contributed by atoms with Crippen LogP contribution in [0.4, 0.5) is 0 Å². The summed E-state index contributed by atoms with van der Waals surface area (Å²) in [5, 5.41) is 12.3. The highest BCUT2D eigenvalue weighted by Gasteiger charge is 2.32. The molecular weight excluding hydrogens is 486 g/mol. The zero-order chi connectivity index (χ0) is 28.5. The third-order valence-corrected chi connectivity index (χ3v) is 7.12. The molecule has 1 aliphatic heterocycles. The fourth-order valence-electron chi connectivity index (χ4n) is 4.82. The first-order chi connectivity index (χ1) is 18.7. The molecule has 1 atom stereocenters. The number of phenols is 1. The van der Waals surface area contributed by atoms with E-state index in [1.807, 2.05) is 51.1 Å². The van der Waals surface area contributed by atoms with Crippen molar-refractivity contribution in [3.63, 3.8) is 0 Å². The second kappa shape index (κ2) is 13.5. The number of carbonyl (C=O) groups excluding carboxylic acids is 1. The minimum absolute atomic E-state index is 0.180. The van der Waals surface area contributed by atoms with Crippen LogP contribution in [0.2, 0.25) is 0 Å². The quantitative estimate of drug-likeness (QED) is 0.288. The number of nitrogens with one attached hydrogen (secondary N) is 1. The molecule has 0 saturated carbocycles. The Morgan fingerprint density at radius 3 is 2.46 bits per heavy atom. The molecule has 2 aliphatic rings. The molecule has 2 aromatic carbocycles. The summed E-state index contributed by atoms with van der Waals surface area (Å²) in [6, 6.07) is 15.3. The van der Waals surface area contributed by atoms with Gasteiger partial charge >= 0.3 is 5.97 Å². The van der Waals surface area contributed by atoms with Gasteiger partial charge in [0.1, 0.15) is 18.1 Å². The predicted octanol–water partition coefficient (Wildman–Crippen LogP) is 7.58. The smallest absolute Gasteiger partial charge is 0.336 e. The first-order valence-electron chi connectivity index (χ1n) is 13.1. The SMILES string of the molecule is C=C/C(C)=C(\C=C)COC(=O)C1=C(C)NC2=C(C1)C(=C)C[C@H](c1ccccc1OC)C2.Cc1cccc(O)c1. The van der Waals surface area contributed by atoms with Crippen molar-refractivity contribution in [1.82, 2.24) is 5.32 Å². The molecule has 0 fully saturated rings. The van der Waals surface area contributed by atoms with Crippen LogP contribution in [0.3, 0.4) is 0 Å². The van der Waals surface area contributed by atoms with Crippen molar-refractivity contribution in [1.29, 1.82) is 0 Å². The first-order valence-corrected chi connectivity index (χ1v) is 13.1. The summed E-state index contributed by atoms with van der Waals surface area (Å²) >= 11 is 0. The lowest BCUT2D eigenvalue weighted by atomic mass is 9.77. The third-order valence-electron chi connectivity index (χ3n) is 7.12. The molecule has 5 nitrogen and oxygen atoms in total. The van der Waals surface area contributed by atoms with Gasteiger partial charge < -0.3 is 19.9 Å². The number of esters is 1. The van der Waals surface area contributed by atoms with Crippen LogP contribution < -0.4 is 10.1 Å². The monoisotopic (exact) mass is 525 g/mol. The van der Waals surface area contributed by atoms with Crippen LogP contribution in [0, 0.1) is 6.92 Å². The lowest BCUT2D eigenvalue weighted by molar-refractivity contribution is -0.138. The van der Waals surface area contributed by atoms with Gasteiger partial charge in [0.25, 0.3) is 0 Å². The zero-order valence-electron chi connectivity index (χ0n) is 23.5. The number of methoxy groups -OCH3 is 1. The number of benzene rings is 2. The summed E-state index contributed by atoms with van der Waals surface area (Å²) in [5.74, 6) is 1.22. The second-order valence-corrected chi connectivity index (χ2v) is 9.84. The first kappa shape index (κ1) is 29.3. The molecular formula is C34H39NO4. The number of aryl methyl sites for hydroxylation is 1. The van der Waals surface area contributed by atoms with Gasteiger partial charge in [0.05, 0.1) is 12.7 Å². The highest BCUT2D eigenvalue weighted by Crippen LogP contribution is 2.44. The molecule has 5 heteroatoms. The van der Waals surface area contributed by atoms with Crippen molar-refractivity contribution in [3.8, 4) is 11.5 Å². The Labute approximate surface area is 232 Å². The van der Waals surface area contributed by atoms with Gasteiger partial charge in [-0.2, -0.15) is 0 Å². The molecule has 0 amide bonds. The summed E-state index contributed by atoms with van der Waals surface area (Å²) in [5.41, 5.74) is 8.86. The maximum absolute atomic E-state index is 12.8. The number of carbonyl (C=O) groups is 1. The van der Waals surface area contributed by atoms with Crippen molar-refractivity contribution in [3.05, 3.63) is 131 Å². The minimum atomic E-state index is -0.313. The van der Waals surface area contributed by atoms with Gasteiger partial charge in [0.2, 0.25) is 0 Å². The Bertz CT molecular complexity index is 1340. The molecule has 39 heavy (non-hydrogen) atoms. The van der Waals surface area contributed by atoms with Crippen LogP contribution in [0.15, 0.2) is 120 Å². The molecule has 0 saturated heterocycles. The van der Waals surface area contributed by atoms with Gasteiger partial charge in [-0.05, 0) is 91.1 Å². The van der Waals surface area contributed by atoms with E-state index in [1.165, 1.54) is 5.56 Å². The maximum atomic E-state index is 12.8. The van der Waals surface area contributed by atoms with Crippen LogP contribution in [0.5, 0.6) is 11.5 Å². The summed E-state index contributed by atoms with van der Waals surface area (Å²) in [6.07, 6.45) is 5.67. The topological polar surface area (TPSA) is 67.8 Å². The maximum Gasteiger partial charge on any atom is 0.336 e. The van der Waals surface area contributed by atoms with Crippen molar-refractivity contribution < 1.29 is 19.4 Å². The normalized spacial score (nSPS) is 17.1. The van der Waals surface area contributed by atoms with Crippen molar-refractivity contribution in [2.24, 2.45) is 0 Å². The molecule has 4 rings (SSSR count). The van der Waals surface area contributed by atoms with Crippen LogP contribution in [0.1, 0.15) is 50.2 Å². The van der Waals surface area contributed by atoms with Gasteiger partial charge in [-0.1, -0.05) is 62.2 Å². The molecule has 0 radical (unpaired) electrons. The highest BCUT2D eigenvalue weighted by atomic mass is 16.5. The number of aromatic hydroxyl groups is 1. The Balaban J connectivity index is 0.000000449. The lowest BCUT2D eigenvalue weighted by Gasteiger charge is -2.34. The number of rotatable bonds is 7. The minimum Gasteiger partial charge on any atom is -0.508 e.